The number of para-hydroxylation sites is 1. The second kappa shape index (κ2) is 8.42. The Hall–Kier alpha value is -2.56. The van der Waals surface area contributed by atoms with E-state index >= 15 is 0 Å². The summed E-state index contributed by atoms with van der Waals surface area (Å²) in [6.45, 7) is 11.9. The molecule has 0 spiro atoms. The number of furan rings is 1. The zero-order chi connectivity index (χ0) is 20.2. The van der Waals surface area contributed by atoms with E-state index in [-0.39, 0.29) is 30.2 Å². The number of carbonyl (C=O) groups excluding carboxylic acids is 2. The summed E-state index contributed by atoms with van der Waals surface area (Å²) in [7, 11) is 0. The van der Waals surface area contributed by atoms with E-state index in [0.29, 0.717) is 5.76 Å². The van der Waals surface area contributed by atoms with Crippen LogP contribution in [-0.4, -0.2) is 11.8 Å². The molecule has 0 aliphatic rings. The average molecular weight is 370 g/mol. The van der Waals surface area contributed by atoms with Crippen LogP contribution in [0.3, 0.4) is 0 Å². The van der Waals surface area contributed by atoms with Crippen LogP contribution in [-0.2, 0) is 16.1 Å². The lowest BCUT2D eigenvalue weighted by Gasteiger charge is -2.26. The van der Waals surface area contributed by atoms with Gasteiger partial charge in [-0.3, -0.25) is 9.59 Å². The Morgan fingerprint density at radius 3 is 2.04 bits per heavy atom. The van der Waals surface area contributed by atoms with Gasteiger partial charge in [0.05, 0.1) is 12.8 Å². The molecule has 2 rings (SSSR count). The van der Waals surface area contributed by atoms with E-state index in [1.165, 1.54) is 0 Å². The third-order valence-corrected chi connectivity index (χ3v) is 4.75. The van der Waals surface area contributed by atoms with Crippen LogP contribution in [0, 0.1) is 5.41 Å². The molecule has 2 N–H and O–H groups in total. The molecule has 0 saturated heterocycles. The van der Waals surface area contributed by atoms with Crippen molar-refractivity contribution in [2.75, 3.05) is 5.32 Å². The van der Waals surface area contributed by atoms with Gasteiger partial charge in [0.2, 0.25) is 11.8 Å². The summed E-state index contributed by atoms with van der Waals surface area (Å²) >= 11 is 0. The molecule has 2 aromatic rings. The van der Waals surface area contributed by atoms with Crippen LogP contribution in [0.1, 0.15) is 70.3 Å². The maximum absolute atomic E-state index is 13.0. The fraction of sp³-hybridized carbons (Fsp3) is 0.455. The lowest BCUT2D eigenvalue weighted by Crippen LogP contribution is -2.45. The normalized spacial score (nSPS) is 11.7. The summed E-state index contributed by atoms with van der Waals surface area (Å²) in [6.07, 6.45) is 1.55. The van der Waals surface area contributed by atoms with E-state index in [0.717, 1.165) is 16.8 Å². The Kier molecular flexibility index (Phi) is 6.47. The Labute approximate surface area is 161 Å². The highest BCUT2D eigenvalue weighted by atomic mass is 16.3. The van der Waals surface area contributed by atoms with E-state index in [1.807, 2.05) is 18.2 Å². The molecule has 0 unspecified atom stereocenters. The molecule has 27 heavy (non-hydrogen) atoms. The van der Waals surface area contributed by atoms with Gasteiger partial charge < -0.3 is 15.1 Å². The fourth-order valence-electron chi connectivity index (χ4n) is 2.87. The van der Waals surface area contributed by atoms with Crippen molar-refractivity contribution in [2.24, 2.45) is 5.41 Å². The van der Waals surface area contributed by atoms with E-state index in [1.54, 1.807) is 32.2 Å². The van der Waals surface area contributed by atoms with Crippen molar-refractivity contribution in [1.29, 1.82) is 0 Å². The van der Waals surface area contributed by atoms with Crippen LogP contribution in [0.5, 0.6) is 0 Å². The summed E-state index contributed by atoms with van der Waals surface area (Å²) in [6, 6.07) is 9.60. The molecule has 0 atom stereocenters. The molecule has 0 fully saturated rings. The number of nitrogens with one attached hydrogen (secondary N) is 2. The van der Waals surface area contributed by atoms with Gasteiger partial charge in [-0.05, 0) is 48.9 Å². The first-order chi connectivity index (χ1) is 12.6. The van der Waals surface area contributed by atoms with Crippen LogP contribution in [0.4, 0.5) is 5.69 Å². The number of hydrogen-bond donors (Lipinski definition) is 2. The smallest absolute Gasteiger partial charge is 0.239 e. The fourth-order valence-corrected chi connectivity index (χ4v) is 2.87. The van der Waals surface area contributed by atoms with E-state index in [2.05, 4.69) is 38.3 Å². The van der Waals surface area contributed by atoms with Crippen molar-refractivity contribution in [3.05, 3.63) is 53.5 Å². The van der Waals surface area contributed by atoms with E-state index in [9.17, 15) is 9.59 Å². The number of anilines is 1. The topological polar surface area (TPSA) is 71.3 Å². The maximum atomic E-state index is 13.0. The van der Waals surface area contributed by atoms with Gasteiger partial charge >= 0.3 is 0 Å². The van der Waals surface area contributed by atoms with Crippen LogP contribution >= 0.6 is 0 Å². The first-order valence-corrected chi connectivity index (χ1v) is 9.39. The van der Waals surface area contributed by atoms with Crippen molar-refractivity contribution in [1.82, 2.24) is 5.32 Å². The Bertz CT molecular complexity index is 764. The summed E-state index contributed by atoms with van der Waals surface area (Å²) in [4.78, 5) is 25.6. The molecule has 0 radical (unpaired) electrons. The SMILES string of the molecule is CC(C)c1cccc(C(C)C)c1NC(=O)C(C)(C)C(=O)NCc1ccco1. The maximum Gasteiger partial charge on any atom is 0.239 e. The van der Waals surface area contributed by atoms with Gasteiger partial charge in [-0.25, -0.2) is 0 Å². The number of amides is 2. The number of rotatable bonds is 7. The molecule has 0 saturated carbocycles. The number of hydrogen-bond acceptors (Lipinski definition) is 3. The van der Waals surface area contributed by atoms with Gasteiger partial charge in [-0.1, -0.05) is 45.9 Å². The molecule has 1 heterocycles. The Morgan fingerprint density at radius 1 is 0.963 bits per heavy atom. The highest BCUT2D eigenvalue weighted by Gasteiger charge is 2.36. The van der Waals surface area contributed by atoms with Gasteiger partial charge in [0.1, 0.15) is 11.2 Å². The van der Waals surface area contributed by atoms with E-state index < -0.39 is 5.41 Å². The Balaban J connectivity index is 2.20. The molecule has 0 aliphatic carbocycles. The zero-order valence-corrected chi connectivity index (χ0v) is 17.1. The van der Waals surface area contributed by atoms with Crippen LogP contribution in [0.2, 0.25) is 0 Å². The van der Waals surface area contributed by atoms with Crippen molar-refractivity contribution >= 4 is 17.5 Å². The van der Waals surface area contributed by atoms with Gasteiger partial charge in [-0.15, -0.1) is 0 Å². The predicted octanol–water partition coefficient (Wildman–Crippen LogP) is 4.81. The average Bonchev–Trinajstić information content (AvgIpc) is 3.12. The molecule has 1 aromatic heterocycles. The van der Waals surface area contributed by atoms with Crippen LogP contribution in [0.25, 0.3) is 0 Å². The number of carbonyl (C=O) groups is 2. The van der Waals surface area contributed by atoms with Gasteiger partial charge in [0, 0.05) is 5.69 Å². The molecule has 146 valence electrons. The summed E-state index contributed by atoms with van der Waals surface area (Å²) in [5, 5.41) is 5.81. The minimum Gasteiger partial charge on any atom is -0.467 e. The van der Waals surface area contributed by atoms with Gasteiger partial charge in [-0.2, -0.15) is 0 Å². The minimum absolute atomic E-state index is 0.252. The van der Waals surface area contributed by atoms with Crippen molar-refractivity contribution in [3.63, 3.8) is 0 Å². The quantitative estimate of drug-likeness (QED) is 0.687. The highest BCUT2D eigenvalue weighted by Crippen LogP contribution is 2.33. The van der Waals surface area contributed by atoms with Crippen molar-refractivity contribution < 1.29 is 14.0 Å². The lowest BCUT2D eigenvalue weighted by atomic mass is 9.88. The predicted molar refractivity (Wildman–Crippen MR) is 108 cm³/mol. The van der Waals surface area contributed by atoms with Crippen LogP contribution < -0.4 is 10.6 Å². The third-order valence-electron chi connectivity index (χ3n) is 4.75. The first-order valence-electron chi connectivity index (χ1n) is 9.39. The lowest BCUT2D eigenvalue weighted by molar-refractivity contribution is -0.138. The van der Waals surface area contributed by atoms with Crippen molar-refractivity contribution in [2.45, 2.75) is 59.9 Å². The minimum atomic E-state index is -1.22. The second-order valence-corrected chi connectivity index (χ2v) is 7.96. The standard InChI is InChI=1S/C22H30N2O3/c1-14(2)17-10-7-11-18(15(3)4)19(17)24-21(26)22(5,6)20(25)23-13-16-9-8-12-27-16/h7-12,14-15H,13H2,1-6H3,(H,23,25)(H,24,26). The molecule has 0 aliphatic heterocycles. The zero-order valence-electron chi connectivity index (χ0n) is 17.1. The molecule has 0 bridgehead atoms. The van der Waals surface area contributed by atoms with Crippen molar-refractivity contribution in [3.8, 4) is 0 Å². The second-order valence-electron chi connectivity index (χ2n) is 7.96. The summed E-state index contributed by atoms with van der Waals surface area (Å²) in [5.41, 5.74) is 1.74. The summed E-state index contributed by atoms with van der Waals surface area (Å²) < 4.78 is 5.22. The van der Waals surface area contributed by atoms with Gasteiger partial charge in [0.15, 0.2) is 0 Å². The molecule has 1 aromatic carbocycles. The van der Waals surface area contributed by atoms with Crippen LogP contribution in [0.15, 0.2) is 41.0 Å². The largest absolute Gasteiger partial charge is 0.467 e. The van der Waals surface area contributed by atoms with E-state index in [4.69, 9.17) is 4.42 Å². The monoisotopic (exact) mass is 370 g/mol. The molecule has 5 heteroatoms. The third kappa shape index (κ3) is 4.79. The van der Waals surface area contributed by atoms with Gasteiger partial charge in [0.25, 0.3) is 0 Å². The molecule has 5 nitrogen and oxygen atoms in total. The highest BCUT2D eigenvalue weighted by molar-refractivity contribution is 6.10. The number of benzene rings is 1. The summed E-state index contributed by atoms with van der Waals surface area (Å²) in [5.74, 6) is 0.496. The molecular formula is C22H30N2O3. The Morgan fingerprint density at radius 2 is 1.56 bits per heavy atom. The molecular weight excluding hydrogens is 340 g/mol. The first kappa shape index (κ1) is 20.7. The molecule has 2 amide bonds.